The van der Waals surface area contributed by atoms with E-state index in [1.165, 1.54) is 0 Å². The van der Waals surface area contributed by atoms with Crippen molar-refractivity contribution in [3.8, 4) is 0 Å². The van der Waals surface area contributed by atoms with Crippen molar-refractivity contribution in [2.75, 3.05) is 11.9 Å². The zero-order valence-corrected chi connectivity index (χ0v) is 11.6. The van der Waals surface area contributed by atoms with Gasteiger partial charge in [-0.25, -0.2) is 4.79 Å². The molecule has 0 aliphatic carbocycles. The van der Waals surface area contributed by atoms with Gasteiger partial charge in [0.25, 0.3) is 5.91 Å². The number of fused-ring (bicyclic) bond motifs is 1. The van der Waals surface area contributed by atoms with Gasteiger partial charge in [-0.2, -0.15) is 0 Å². The van der Waals surface area contributed by atoms with Gasteiger partial charge in [0.15, 0.2) is 0 Å². The molecular weight excluding hydrogens is 256 g/mol. The maximum atomic E-state index is 12.1. The van der Waals surface area contributed by atoms with Crippen molar-refractivity contribution in [1.82, 2.24) is 5.32 Å². The molecule has 1 aromatic rings. The fourth-order valence-corrected chi connectivity index (χ4v) is 2.35. The molecule has 1 atom stereocenters. The Hall–Kier alpha value is -2.04. The van der Waals surface area contributed by atoms with Crippen LogP contribution in [0.3, 0.4) is 0 Å². The van der Waals surface area contributed by atoms with Crippen LogP contribution in [0.4, 0.5) is 5.69 Å². The Balaban J connectivity index is 2.04. The first kappa shape index (κ1) is 14.4. The molecule has 3 N–H and O–H groups in total. The summed E-state index contributed by atoms with van der Waals surface area (Å²) in [5.74, 6) is -1.29. The SMILES string of the molecule is CCCC[C@H](NC(=O)c1ccc2c(c1)CCN2)C(=O)O. The maximum absolute atomic E-state index is 12.1. The lowest BCUT2D eigenvalue weighted by Crippen LogP contribution is -2.40. The first-order chi connectivity index (χ1) is 9.61. The molecule has 0 unspecified atom stereocenters. The summed E-state index contributed by atoms with van der Waals surface area (Å²) in [4.78, 5) is 23.3. The minimum absolute atomic E-state index is 0.316. The highest BCUT2D eigenvalue weighted by molar-refractivity contribution is 5.97. The summed E-state index contributed by atoms with van der Waals surface area (Å²) in [6.07, 6.45) is 3.05. The first-order valence-electron chi connectivity index (χ1n) is 7.02. The third-order valence-electron chi connectivity index (χ3n) is 3.53. The van der Waals surface area contributed by atoms with Crippen molar-refractivity contribution in [3.63, 3.8) is 0 Å². The minimum Gasteiger partial charge on any atom is -0.480 e. The van der Waals surface area contributed by atoms with Gasteiger partial charge in [0.2, 0.25) is 0 Å². The highest BCUT2D eigenvalue weighted by atomic mass is 16.4. The Morgan fingerprint density at radius 3 is 2.95 bits per heavy atom. The molecule has 0 radical (unpaired) electrons. The molecule has 5 heteroatoms. The number of carboxylic acids is 1. The van der Waals surface area contributed by atoms with Gasteiger partial charge in [-0.1, -0.05) is 19.8 Å². The van der Waals surface area contributed by atoms with Gasteiger partial charge in [0, 0.05) is 17.8 Å². The molecule has 0 saturated carbocycles. The van der Waals surface area contributed by atoms with Crippen LogP contribution in [0.1, 0.15) is 42.1 Å². The summed E-state index contributed by atoms with van der Waals surface area (Å²) in [6, 6.07) is 4.63. The molecule has 0 aromatic heterocycles. The normalized spacial score (nSPS) is 14.2. The summed E-state index contributed by atoms with van der Waals surface area (Å²) < 4.78 is 0. The summed E-state index contributed by atoms with van der Waals surface area (Å²) in [6.45, 7) is 2.88. The lowest BCUT2D eigenvalue weighted by molar-refractivity contribution is -0.139. The van der Waals surface area contributed by atoms with Gasteiger partial charge in [0.1, 0.15) is 6.04 Å². The second-order valence-electron chi connectivity index (χ2n) is 5.06. The molecule has 108 valence electrons. The van der Waals surface area contributed by atoms with Crippen molar-refractivity contribution in [3.05, 3.63) is 29.3 Å². The predicted molar refractivity (Wildman–Crippen MR) is 77.1 cm³/mol. The van der Waals surface area contributed by atoms with Gasteiger partial charge in [-0.3, -0.25) is 4.79 Å². The number of unbranched alkanes of at least 4 members (excludes halogenated alkanes) is 1. The van der Waals surface area contributed by atoms with E-state index >= 15 is 0 Å². The number of nitrogens with one attached hydrogen (secondary N) is 2. The van der Waals surface area contributed by atoms with E-state index in [0.717, 1.165) is 37.1 Å². The highest BCUT2D eigenvalue weighted by Crippen LogP contribution is 2.23. The quantitative estimate of drug-likeness (QED) is 0.743. The molecule has 0 spiro atoms. The standard InChI is InChI=1S/C15H20N2O3/c1-2-3-4-13(15(19)20)17-14(18)11-5-6-12-10(9-11)7-8-16-12/h5-6,9,13,16H,2-4,7-8H2,1H3,(H,17,18)(H,19,20)/t13-/m0/s1. The van der Waals surface area contributed by atoms with Crippen LogP contribution in [0.25, 0.3) is 0 Å². The molecule has 1 amide bonds. The molecule has 1 aromatic carbocycles. The predicted octanol–water partition coefficient (Wildman–Crippen LogP) is 2.03. The number of carbonyl (C=O) groups excluding carboxylic acids is 1. The van der Waals surface area contributed by atoms with Crippen LogP contribution in [0.5, 0.6) is 0 Å². The van der Waals surface area contributed by atoms with Gasteiger partial charge in [0.05, 0.1) is 0 Å². The molecule has 0 fully saturated rings. The fourth-order valence-electron chi connectivity index (χ4n) is 2.35. The van der Waals surface area contributed by atoms with Crippen LogP contribution >= 0.6 is 0 Å². The van der Waals surface area contributed by atoms with Crippen molar-refractivity contribution in [1.29, 1.82) is 0 Å². The molecule has 0 saturated heterocycles. The smallest absolute Gasteiger partial charge is 0.326 e. The zero-order valence-electron chi connectivity index (χ0n) is 11.6. The number of carboxylic acid groups (broad SMARTS) is 1. The summed E-state index contributed by atoms with van der Waals surface area (Å²) in [5, 5.41) is 15.0. The highest BCUT2D eigenvalue weighted by Gasteiger charge is 2.21. The summed E-state index contributed by atoms with van der Waals surface area (Å²) in [7, 11) is 0. The number of hydrogen-bond acceptors (Lipinski definition) is 3. The van der Waals surface area contributed by atoms with Crippen LogP contribution in [-0.2, 0) is 11.2 Å². The van der Waals surface area contributed by atoms with E-state index in [-0.39, 0.29) is 5.91 Å². The summed E-state index contributed by atoms with van der Waals surface area (Å²) >= 11 is 0. The third-order valence-corrected chi connectivity index (χ3v) is 3.53. The Labute approximate surface area is 118 Å². The van der Waals surface area contributed by atoms with Crippen LogP contribution in [0.2, 0.25) is 0 Å². The van der Waals surface area contributed by atoms with Crippen molar-refractivity contribution in [2.24, 2.45) is 0 Å². The molecule has 1 aliphatic heterocycles. The Bertz CT molecular complexity index is 514. The Morgan fingerprint density at radius 2 is 2.25 bits per heavy atom. The second kappa shape index (κ2) is 6.41. The molecule has 5 nitrogen and oxygen atoms in total. The van der Waals surface area contributed by atoms with E-state index in [4.69, 9.17) is 5.11 Å². The van der Waals surface area contributed by atoms with E-state index < -0.39 is 12.0 Å². The number of anilines is 1. The number of rotatable bonds is 6. The number of amides is 1. The molecule has 1 aliphatic rings. The second-order valence-corrected chi connectivity index (χ2v) is 5.06. The van der Waals surface area contributed by atoms with Crippen LogP contribution in [0.15, 0.2) is 18.2 Å². The van der Waals surface area contributed by atoms with E-state index in [1.54, 1.807) is 6.07 Å². The van der Waals surface area contributed by atoms with Gasteiger partial charge >= 0.3 is 5.97 Å². The van der Waals surface area contributed by atoms with Crippen LogP contribution in [-0.4, -0.2) is 29.6 Å². The van der Waals surface area contributed by atoms with Gasteiger partial charge < -0.3 is 15.7 Å². The minimum atomic E-state index is -0.977. The van der Waals surface area contributed by atoms with Gasteiger partial charge in [-0.05, 0) is 36.6 Å². The molecular formula is C15H20N2O3. The lowest BCUT2D eigenvalue weighted by Gasteiger charge is -2.14. The third kappa shape index (κ3) is 3.29. The Morgan fingerprint density at radius 1 is 1.45 bits per heavy atom. The Kier molecular flexibility index (Phi) is 4.61. The topological polar surface area (TPSA) is 78.4 Å². The van der Waals surface area contributed by atoms with Crippen LogP contribution < -0.4 is 10.6 Å². The molecule has 20 heavy (non-hydrogen) atoms. The van der Waals surface area contributed by atoms with Crippen molar-refractivity contribution < 1.29 is 14.7 Å². The van der Waals surface area contributed by atoms with E-state index in [9.17, 15) is 9.59 Å². The fraction of sp³-hybridized carbons (Fsp3) is 0.467. The lowest BCUT2D eigenvalue weighted by atomic mass is 10.1. The monoisotopic (exact) mass is 276 g/mol. The molecule has 1 heterocycles. The average molecular weight is 276 g/mol. The maximum Gasteiger partial charge on any atom is 0.326 e. The number of benzene rings is 1. The number of hydrogen-bond donors (Lipinski definition) is 3. The van der Waals surface area contributed by atoms with E-state index in [1.807, 2.05) is 19.1 Å². The first-order valence-corrected chi connectivity index (χ1v) is 7.02. The largest absolute Gasteiger partial charge is 0.480 e. The molecule has 2 rings (SSSR count). The van der Waals surface area contributed by atoms with Crippen molar-refractivity contribution >= 4 is 17.6 Å². The van der Waals surface area contributed by atoms with Crippen LogP contribution in [0, 0.1) is 0 Å². The van der Waals surface area contributed by atoms with E-state index in [0.29, 0.717) is 12.0 Å². The average Bonchev–Trinajstić information content (AvgIpc) is 2.90. The summed E-state index contributed by atoms with van der Waals surface area (Å²) in [5.41, 5.74) is 2.69. The van der Waals surface area contributed by atoms with E-state index in [2.05, 4.69) is 10.6 Å². The molecule has 0 bridgehead atoms. The number of aliphatic carboxylic acids is 1. The van der Waals surface area contributed by atoms with Crippen molar-refractivity contribution in [2.45, 2.75) is 38.6 Å². The number of carbonyl (C=O) groups is 2. The zero-order chi connectivity index (χ0) is 14.5. The van der Waals surface area contributed by atoms with Gasteiger partial charge in [-0.15, -0.1) is 0 Å².